The molecule has 7 heteroatoms. The van der Waals surface area contributed by atoms with Crippen molar-refractivity contribution in [3.63, 3.8) is 0 Å². The van der Waals surface area contributed by atoms with Crippen LogP contribution in [0.3, 0.4) is 0 Å². The number of carbonyl (C=O) groups excluding carboxylic acids is 2. The van der Waals surface area contributed by atoms with Crippen LogP contribution in [0.2, 0.25) is 0 Å². The molecular formula is C17H26N4O3. The Morgan fingerprint density at radius 3 is 2.67 bits per heavy atom. The van der Waals surface area contributed by atoms with Crippen molar-refractivity contribution in [2.75, 3.05) is 53.0 Å². The van der Waals surface area contributed by atoms with Gasteiger partial charge < -0.3 is 15.0 Å². The molecule has 0 bridgehead atoms. The standard InChI is InChI=1S/C17H26N4O3/c1-14-5-3-6-15(19-14)17(23)21-10-8-20(9-11-21)13-16(22)18-7-4-12-24-2/h3,5-6H,4,7-13H2,1-2H3,(H,18,22). The average molecular weight is 334 g/mol. The second-order valence-corrected chi connectivity index (χ2v) is 5.93. The van der Waals surface area contributed by atoms with E-state index >= 15 is 0 Å². The fourth-order valence-corrected chi connectivity index (χ4v) is 2.64. The molecule has 1 aliphatic rings. The van der Waals surface area contributed by atoms with E-state index < -0.39 is 0 Å². The summed E-state index contributed by atoms with van der Waals surface area (Å²) >= 11 is 0. The molecular weight excluding hydrogens is 308 g/mol. The normalized spacial score (nSPS) is 15.3. The van der Waals surface area contributed by atoms with Crippen LogP contribution in [0.4, 0.5) is 0 Å². The van der Waals surface area contributed by atoms with Crippen LogP contribution in [0.25, 0.3) is 0 Å². The second kappa shape index (κ2) is 9.34. The molecule has 1 aromatic heterocycles. The summed E-state index contributed by atoms with van der Waals surface area (Å²) in [5, 5.41) is 2.88. The monoisotopic (exact) mass is 334 g/mol. The first kappa shape index (κ1) is 18.4. The molecule has 132 valence electrons. The number of hydrogen-bond acceptors (Lipinski definition) is 5. The summed E-state index contributed by atoms with van der Waals surface area (Å²) in [6.45, 7) is 6.15. The molecule has 0 aliphatic carbocycles. The number of piperazine rings is 1. The van der Waals surface area contributed by atoms with Crippen LogP contribution in [-0.2, 0) is 9.53 Å². The molecule has 0 atom stereocenters. The van der Waals surface area contributed by atoms with E-state index in [1.165, 1.54) is 0 Å². The maximum Gasteiger partial charge on any atom is 0.272 e. The van der Waals surface area contributed by atoms with E-state index in [-0.39, 0.29) is 11.8 Å². The Kier molecular flexibility index (Phi) is 7.14. The predicted molar refractivity (Wildman–Crippen MR) is 90.8 cm³/mol. The lowest BCUT2D eigenvalue weighted by atomic mass is 10.2. The van der Waals surface area contributed by atoms with Crippen LogP contribution >= 0.6 is 0 Å². The summed E-state index contributed by atoms with van der Waals surface area (Å²) in [5.41, 5.74) is 1.32. The third-order valence-electron chi connectivity index (χ3n) is 3.98. The van der Waals surface area contributed by atoms with Gasteiger partial charge in [0.05, 0.1) is 6.54 Å². The summed E-state index contributed by atoms with van der Waals surface area (Å²) in [4.78, 5) is 32.5. The van der Waals surface area contributed by atoms with E-state index in [9.17, 15) is 9.59 Å². The van der Waals surface area contributed by atoms with Crippen LogP contribution in [0, 0.1) is 6.92 Å². The first-order valence-corrected chi connectivity index (χ1v) is 8.31. The Labute approximate surface area is 143 Å². The second-order valence-electron chi connectivity index (χ2n) is 5.93. The highest BCUT2D eigenvalue weighted by Gasteiger charge is 2.23. The van der Waals surface area contributed by atoms with Gasteiger partial charge in [-0.05, 0) is 25.5 Å². The zero-order valence-corrected chi connectivity index (χ0v) is 14.5. The number of carbonyl (C=O) groups is 2. The van der Waals surface area contributed by atoms with E-state index in [1.807, 2.05) is 19.1 Å². The minimum absolute atomic E-state index is 0.0197. The van der Waals surface area contributed by atoms with Crippen molar-refractivity contribution in [3.8, 4) is 0 Å². The molecule has 2 amide bonds. The lowest BCUT2D eigenvalue weighted by Crippen LogP contribution is -2.51. The maximum absolute atomic E-state index is 12.4. The average Bonchev–Trinajstić information content (AvgIpc) is 2.59. The summed E-state index contributed by atoms with van der Waals surface area (Å²) in [6, 6.07) is 5.47. The highest BCUT2D eigenvalue weighted by atomic mass is 16.5. The van der Waals surface area contributed by atoms with Gasteiger partial charge in [-0.2, -0.15) is 0 Å². The van der Waals surface area contributed by atoms with Crippen molar-refractivity contribution in [2.24, 2.45) is 0 Å². The topological polar surface area (TPSA) is 74.8 Å². The summed E-state index contributed by atoms with van der Waals surface area (Å²) in [7, 11) is 1.65. The molecule has 0 saturated carbocycles. The van der Waals surface area contributed by atoms with Crippen molar-refractivity contribution in [1.29, 1.82) is 0 Å². The van der Waals surface area contributed by atoms with Crippen molar-refractivity contribution >= 4 is 11.8 Å². The fraction of sp³-hybridized carbons (Fsp3) is 0.588. The molecule has 0 spiro atoms. The number of rotatable bonds is 7. The van der Waals surface area contributed by atoms with Gasteiger partial charge in [-0.25, -0.2) is 4.98 Å². The third-order valence-corrected chi connectivity index (χ3v) is 3.98. The van der Waals surface area contributed by atoms with Crippen molar-refractivity contribution in [3.05, 3.63) is 29.6 Å². The number of nitrogens with zero attached hydrogens (tertiary/aromatic N) is 3. The van der Waals surface area contributed by atoms with Gasteiger partial charge in [-0.1, -0.05) is 6.07 Å². The summed E-state index contributed by atoms with van der Waals surface area (Å²) in [6.07, 6.45) is 0.814. The minimum Gasteiger partial charge on any atom is -0.385 e. The molecule has 0 aromatic carbocycles. The Morgan fingerprint density at radius 2 is 2.00 bits per heavy atom. The van der Waals surface area contributed by atoms with E-state index in [2.05, 4.69) is 15.2 Å². The largest absolute Gasteiger partial charge is 0.385 e. The van der Waals surface area contributed by atoms with E-state index in [0.717, 1.165) is 12.1 Å². The first-order valence-electron chi connectivity index (χ1n) is 8.31. The fourth-order valence-electron chi connectivity index (χ4n) is 2.64. The molecule has 2 rings (SSSR count). The summed E-state index contributed by atoms with van der Waals surface area (Å²) < 4.78 is 4.95. The molecule has 1 aliphatic heterocycles. The van der Waals surface area contributed by atoms with Crippen LogP contribution < -0.4 is 5.32 Å². The van der Waals surface area contributed by atoms with Gasteiger partial charge in [-0.15, -0.1) is 0 Å². The number of nitrogens with one attached hydrogen (secondary N) is 1. The molecule has 1 saturated heterocycles. The van der Waals surface area contributed by atoms with Crippen LogP contribution in [-0.4, -0.2) is 79.6 Å². The first-order chi connectivity index (χ1) is 11.6. The van der Waals surface area contributed by atoms with Gasteiger partial charge in [0, 0.05) is 52.1 Å². The summed E-state index contributed by atoms with van der Waals surface area (Å²) in [5.74, 6) is -0.0198. The van der Waals surface area contributed by atoms with Gasteiger partial charge in [0.15, 0.2) is 0 Å². The number of methoxy groups -OCH3 is 1. The zero-order chi connectivity index (χ0) is 17.4. The third kappa shape index (κ3) is 5.58. The SMILES string of the molecule is COCCCNC(=O)CN1CCN(C(=O)c2cccc(C)n2)CC1. The molecule has 24 heavy (non-hydrogen) atoms. The Bertz CT molecular complexity index is 557. The van der Waals surface area contributed by atoms with Crippen molar-refractivity contribution in [2.45, 2.75) is 13.3 Å². The van der Waals surface area contributed by atoms with Crippen LogP contribution in [0.5, 0.6) is 0 Å². The number of ether oxygens (including phenoxy) is 1. The lowest BCUT2D eigenvalue weighted by molar-refractivity contribution is -0.122. The smallest absolute Gasteiger partial charge is 0.272 e. The van der Waals surface area contributed by atoms with Gasteiger partial charge >= 0.3 is 0 Å². The number of amides is 2. The number of hydrogen-bond donors (Lipinski definition) is 1. The predicted octanol–water partition coefficient (Wildman–Crippen LogP) is 0.301. The van der Waals surface area contributed by atoms with Crippen molar-refractivity contribution < 1.29 is 14.3 Å². The minimum atomic E-state index is -0.0395. The quantitative estimate of drug-likeness (QED) is 0.726. The molecule has 0 unspecified atom stereocenters. The van der Waals surface area contributed by atoms with E-state index in [1.54, 1.807) is 18.1 Å². The number of aryl methyl sites for hydroxylation is 1. The number of pyridine rings is 1. The lowest BCUT2D eigenvalue weighted by Gasteiger charge is -2.34. The molecule has 2 heterocycles. The Balaban J connectivity index is 1.73. The maximum atomic E-state index is 12.4. The molecule has 1 fully saturated rings. The van der Waals surface area contributed by atoms with Gasteiger partial charge in [0.2, 0.25) is 5.91 Å². The van der Waals surface area contributed by atoms with Crippen LogP contribution in [0.15, 0.2) is 18.2 Å². The highest BCUT2D eigenvalue weighted by molar-refractivity contribution is 5.92. The molecule has 7 nitrogen and oxygen atoms in total. The van der Waals surface area contributed by atoms with E-state index in [0.29, 0.717) is 51.6 Å². The van der Waals surface area contributed by atoms with Crippen LogP contribution in [0.1, 0.15) is 22.6 Å². The molecule has 1 N–H and O–H groups in total. The van der Waals surface area contributed by atoms with Gasteiger partial charge in [-0.3, -0.25) is 14.5 Å². The Morgan fingerprint density at radius 1 is 1.25 bits per heavy atom. The highest BCUT2D eigenvalue weighted by Crippen LogP contribution is 2.07. The number of aromatic nitrogens is 1. The Hall–Kier alpha value is -1.99. The molecule has 1 aromatic rings. The van der Waals surface area contributed by atoms with Gasteiger partial charge in [0.1, 0.15) is 5.69 Å². The molecule has 0 radical (unpaired) electrons. The van der Waals surface area contributed by atoms with Gasteiger partial charge in [0.25, 0.3) is 5.91 Å². The van der Waals surface area contributed by atoms with E-state index in [4.69, 9.17) is 4.74 Å². The van der Waals surface area contributed by atoms with Crippen molar-refractivity contribution in [1.82, 2.24) is 20.1 Å². The zero-order valence-electron chi connectivity index (χ0n) is 14.5.